The molecule has 1 fully saturated rings. The minimum atomic E-state index is -3.68. The van der Waals surface area contributed by atoms with E-state index in [4.69, 9.17) is 4.74 Å². The Morgan fingerprint density at radius 3 is 2.67 bits per heavy atom. The molecule has 8 nitrogen and oxygen atoms in total. The minimum absolute atomic E-state index is 0.0289. The molecular formula is C14H18FN5O3S. The third-order valence-electron chi connectivity index (χ3n) is 3.90. The summed E-state index contributed by atoms with van der Waals surface area (Å²) in [7, 11) is -1.93. The third-order valence-corrected chi connectivity index (χ3v) is 5.64. The van der Waals surface area contributed by atoms with E-state index in [1.165, 1.54) is 10.5 Å². The number of hydrogen-bond donors (Lipinski definition) is 0. The van der Waals surface area contributed by atoms with Crippen molar-refractivity contribution in [3.8, 4) is 6.01 Å². The predicted octanol–water partition coefficient (Wildman–Crippen LogP) is 0.890. The lowest BCUT2D eigenvalue weighted by Gasteiger charge is -2.30. The van der Waals surface area contributed by atoms with Gasteiger partial charge in [-0.05, 0) is 19.8 Å². The molecule has 3 heterocycles. The van der Waals surface area contributed by atoms with Crippen molar-refractivity contribution in [1.29, 1.82) is 0 Å². The van der Waals surface area contributed by atoms with Gasteiger partial charge in [-0.2, -0.15) is 4.31 Å². The normalized spacial score (nSPS) is 19.4. The van der Waals surface area contributed by atoms with Crippen LogP contribution in [0.2, 0.25) is 0 Å². The lowest BCUT2D eigenvalue weighted by molar-refractivity contribution is 0.118. The fourth-order valence-corrected chi connectivity index (χ4v) is 4.05. The quantitative estimate of drug-likeness (QED) is 0.809. The lowest BCUT2D eigenvalue weighted by atomic mass is 10.1. The van der Waals surface area contributed by atoms with Crippen LogP contribution < -0.4 is 4.74 Å². The van der Waals surface area contributed by atoms with Gasteiger partial charge in [0.05, 0.1) is 18.9 Å². The van der Waals surface area contributed by atoms with Crippen LogP contribution in [0.25, 0.3) is 0 Å². The number of imidazole rings is 1. The van der Waals surface area contributed by atoms with Gasteiger partial charge in [0.15, 0.2) is 10.8 Å². The van der Waals surface area contributed by atoms with Gasteiger partial charge in [-0.1, -0.05) is 0 Å². The van der Waals surface area contributed by atoms with E-state index in [0.717, 1.165) is 12.4 Å². The maximum atomic E-state index is 12.8. The summed E-state index contributed by atoms with van der Waals surface area (Å²) in [6.07, 6.45) is 4.46. The Labute approximate surface area is 139 Å². The summed E-state index contributed by atoms with van der Waals surface area (Å²) in [5.74, 6) is 0.0683. The SMILES string of the molecule is Cc1nc(S(=O)(=O)N2CCCC(Oc3ncc(F)cn3)C2)cn1C. The zero-order chi connectivity index (χ0) is 17.3. The summed E-state index contributed by atoms with van der Waals surface area (Å²) >= 11 is 0. The molecule has 2 aromatic heterocycles. The predicted molar refractivity (Wildman–Crippen MR) is 82.3 cm³/mol. The Kier molecular flexibility index (Phi) is 4.50. The average Bonchev–Trinajstić information content (AvgIpc) is 2.90. The second kappa shape index (κ2) is 6.44. The average molecular weight is 355 g/mol. The van der Waals surface area contributed by atoms with Gasteiger partial charge < -0.3 is 9.30 Å². The number of hydrogen-bond acceptors (Lipinski definition) is 6. The van der Waals surface area contributed by atoms with Crippen molar-refractivity contribution in [2.45, 2.75) is 30.9 Å². The monoisotopic (exact) mass is 355 g/mol. The van der Waals surface area contributed by atoms with Crippen LogP contribution in [-0.4, -0.2) is 51.4 Å². The first-order chi connectivity index (χ1) is 11.4. The van der Waals surface area contributed by atoms with E-state index in [9.17, 15) is 12.8 Å². The molecule has 24 heavy (non-hydrogen) atoms. The number of piperidine rings is 1. The highest BCUT2D eigenvalue weighted by Crippen LogP contribution is 2.22. The van der Waals surface area contributed by atoms with Gasteiger partial charge in [-0.3, -0.25) is 0 Å². The number of nitrogens with zero attached hydrogens (tertiary/aromatic N) is 5. The molecule has 130 valence electrons. The van der Waals surface area contributed by atoms with Crippen molar-refractivity contribution in [1.82, 2.24) is 23.8 Å². The molecule has 0 aromatic carbocycles. The van der Waals surface area contributed by atoms with Crippen molar-refractivity contribution in [3.05, 3.63) is 30.2 Å². The van der Waals surface area contributed by atoms with E-state index in [2.05, 4.69) is 15.0 Å². The molecule has 0 amide bonds. The number of ether oxygens (including phenoxy) is 1. The van der Waals surface area contributed by atoms with Crippen molar-refractivity contribution < 1.29 is 17.5 Å². The summed E-state index contributed by atoms with van der Waals surface area (Å²) in [5, 5.41) is 0.0289. The summed E-state index contributed by atoms with van der Waals surface area (Å²) in [4.78, 5) is 11.6. The zero-order valence-corrected chi connectivity index (χ0v) is 14.2. The first kappa shape index (κ1) is 16.8. The molecule has 0 bridgehead atoms. The molecule has 1 aliphatic rings. The van der Waals surface area contributed by atoms with Gasteiger partial charge in [-0.15, -0.1) is 0 Å². The Morgan fingerprint density at radius 1 is 1.33 bits per heavy atom. The molecule has 0 spiro atoms. The van der Waals surface area contributed by atoms with Gasteiger partial charge >= 0.3 is 6.01 Å². The smallest absolute Gasteiger partial charge is 0.316 e. The van der Waals surface area contributed by atoms with Crippen LogP contribution in [0.4, 0.5) is 4.39 Å². The molecule has 0 radical (unpaired) electrons. The molecule has 0 aliphatic carbocycles. The Hall–Kier alpha value is -2.07. The van der Waals surface area contributed by atoms with E-state index in [1.54, 1.807) is 18.5 Å². The van der Waals surface area contributed by atoms with E-state index in [0.29, 0.717) is 25.2 Å². The molecular weight excluding hydrogens is 337 g/mol. The van der Waals surface area contributed by atoms with Gasteiger partial charge in [0, 0.05) is 19.8 Å². The van der Waals surface area contributed by atoms with Gasteiger partial charge in [-0.25, -0.2) is 27.8 Å². The highest BCUT2D eigenvalue weighted by Gasteiger charge is 2.33. The number of halogens is 1. The third kappa shape index (κ3) is 3.39. The van der Waals surface area contributed by atoms with Crippen LogP contribution in [-0.2, 0) is 17.1 Å². The maximum Gasteiger partial charge on any atom is 0.316 e. The molecule has 3 rings (SSSR count). The Bertz CT molecular complexity index is 802. The number of aromatic nitrogens is 4. The van der Waals surface area contributed by atoms with Crippen molar-refractivity contribution in [2.75, 3.05) is 13.1 Å². The van der Waals surface area contributed by atoms with Crippen LogP contribution in [0.1, 0.15) is 18.7 Å². The van der Waals surface area contributed by atoms with Gasteiger partial charge in [0.25, 0.3) is 10.0 Å². The largest absolute Gasteiger partial charge is 0.459 e. The summed E-state index contributed by atoms with van der Waals surface area (Å²) in [5.41, 5.74) is 0. The Balaban J connectivity index is 1.73. The van der Waals surface area contributed by atoms with Crippen molar-refractivity contribution in [3.63, 3.8) is 0 Å². The highest BCUT2D eigenvalue weighted by molar-refractivity contribution is 7.89. The van der Waals surface area contributed by atoms with Crippen molar-refractivity contribution >= 4 is 10.0 Å². The standard InChI is InChI=1S/C14H18FN5O3S/c1-10-18-13(9-19(10)2)24(21,22)20-5-3-4-12(8-20)23-14-16-6-11(15)7-17-14/h6-7,9,12H,3-5,8H2,1-2H3. The second-order valence-electron chi connectivity index (χ2n) is 5.67. The molecule has 10 heteroatoms. The first-order valence-corrected chi connectivity index (χ1v) is 8.94. The van der Waals surface area contributed by atoms with E-state index >= 15 is 0 Å². The molecule has 0 N–H and O–H groups in total. The highest BCUT2D eigenvalue weighted by atomic mass is 32.2. The summed E-state index contributed by atoms with van der Waals surface area (Å²) in [6.45, 7) is 2.33. The topological polar surface area (TPSA) is 90.2 Å². The van der Waals surface area contributed by atoms with E-state index < -0.39 is 15.8 Å². The molecule has 2 aromatic rings. The Morgan fingerprint density at radius 2 is 2.04 bits per heavy atom. The lowest BCUT2D eigenvalue weighted by Crippen LogP contribution is -2.44. The molecule has 1 unspecified atom stereocenters. The van der Waals surface area contributed by atoms with Crippen LogP contribution >= 0.6 is 0 Å². The minimum Gasteiger partial charge on any atom is -0.459 e. The second-order valence-corrected chi connectivity index (χ2v) is 7.55. The molecule has 1 saturated heterocycles. The molecule has 1 aliphatic heterocycles. The maximum absolute atomic E-state index is 12.8. The number of rotatable bonds is 4. The van der Waals surface area contributed by atoms with Crippen molar-refractivity contribution in [2.24, 2.45) is 7.05 Å². The number of aryl methyl sites for hydroxylation is 2. The molecule has 1 atom stereocenters. The molecule has 0 saturated carbocycles. The fraction of sp³-hybridized carbons (Fsp3) is 0.500. The summed E-state index contributed by atoms with van der Waals surface area (Å²) in [6, 6.07) is 0.0364. The number of sulfonamides is 1. The zero-order valence-electron chi connectivity index (χ0n) is 13.4. The summed E-state index contributed by atoms with van der Waals surface area (Å²) < 4.78 is 46.8. The van der Waals surface area contributed by atoms with Crippen LogP contribution in [0, 0.1) is 12.7 Å². The first-order valence-electron chi connectivity index (χ1n) is 7.50. The van der Waals surface area contributed by atoms with Crippen LogP contribution in [0.3, 0.4) is 0 Å². The van der Waals surface area contributed by atoms with E-state index in [-0.39, 0.29) is 23.7 Å². The van der Waals surface area contributed by atoms with E-state index in [1.807, 2.05) is 0 Å². The van der Waals surface area contributed by atoms with Gasteiger partial charge in [0.1, 0.15) is 11.9 Å². The fourth-order valence-electron chi connectivity index (χ4n) is 2.51. The van der Waals surface area contributed by atoms with Gasteiger partial charge in [0.2, 0.25) is 0 Å². The van der Waals surface area contributed by atoms with Crippen LogP contribution in [0.15, 0.2) is 23.6 Å². The van der Waals surface area contributed by atoms with Crippen LogP contribution in [0.5, 0.6) is 6.01 Å².